The number of fused-ring (bicyclic) bond motifs is 1. The Bertz CT molecular complexity index is 443. The molecule has 3 nitrogen and oxygen atoms in total. The van der Waals surface area contributed by atoms with Crippen molar-refractivity contribution in [1.82, 2.24) is 4.90 Å². The van der Waals surface area contributed by atoms with Gasteiger partial charge in [0.25, 0.3) is 0 Å². The summed E-state index contributed by atoms with van der Waals surface area (Å²) >= 11 is 0. The van der Waals surface area contributed by atoms with Crippen molar-refractivity contribution in [3.05, 3.63) is 48.6 Å². The van der Waals surface area contributed by atoms with Gasteiger partial charge in [0, 0.05) is 17.9 Å². The Morgan fingerprint density at radius 2 is 2.12 bits per heavy atom. The third-order valence-corrected chi connectivity index (χ3v) is 3.61. The first-order valence-corrected chi connectivity index (χ1v) is 5.91. The Morgan fingerprint density at radius 3 is 2.82 bits per heavy atom. The molecule has 0 N–H and O–H groups in total. The molecule has 17 heavy (non-hydrogen) atoms. The summed E-state index contributed by atoms with van der Waals surface area (Å²) < 4.78 is 5.77. The van der Waals surface area contributed by atoms with Gasteiger partial charge in [0.05, 0.1) is 12.6 Å². The van der Waals surface area contributed by atoms with Gasteiger partial charge in [-0.15, -0.1) is 6.58 Å². The molecule has 3 rings (SSSR count). The minimum atomic E-state index is -0.210. The van der Waals surface area contributed by atoms with Gasteiger partial charge in [-0.25, -0.2) is 0 Å². The van der Waals surface area contributed by atoms with Crippen LogP contribution in [0.15, 0.2) is 43.0 Å². The van der Waals surface area contributed by atoms with Crippen molar-refractivity contribution < 1.29 is 9.53 Å². The molecular formula is C14H15NO2. The van der Waals surface area contributed by atoms with Crippen LogP contribution in [-0.4, -0.2) is 23.5 Å². The Labute approximate surface area is 101 Å². The molecule has 0 bridgehead atoms. The van der Waals surface area contributed by atoms with E-state index in [-0.39, 0.29) is 24.1 Å². The van der Waals surface area contributed by atoms with Crippen molar-refractivity contribution in [2.75, 3.05) is 6.61 Å². The number of ether oxygens (including phenoxy) is 1. The molecular weight excluding hydrogens is 214 g/mol. The van der Waals surface area contributed by atoms with Crippen molar-refractivity contribution in [2.45, 2.75) is 18.7 Å². The number of amides is 1. The summed E-state index contributed by atoms with van der Waals surface area (Å²) in [4.78, 5) is 13.9. The maximum atomic E-state index is 12.0. The first-order chi connectivity index (χ1) is 8.31. The number of hydrogen-bond acceptors (Lipinski definition) is 2. The number of nitrogens with zero attached hydrogens (tertiary/aromatic N) is 1. The van der Waals surface area contributed by atoms with Gasteiger partial charge in [0.2, 0.25) is 5.91 Å². The van der Waals surface area contributed by atoms with Gasteiger partial charge in [-0.05, 0) is 0 Å². The topological polar surface area (TPSA) is 29.5 Å². The van der Waals surface area contributed by atoms with Crippen LogP contribution in [0.3, 0.4) is 0 Å². The molecule has 2 fully saturated rings. The van der Waals surface area contributed by atoms with E-state index in [1.54, 1.807) is 0 Å². The molecule has 0 radical (unpaired) electrons. The molecule has 0 aliphatic carbocycles. The smallest absolute Gasteiger partial charge is 0.225 e. The Hall–Kier alpha value is -1.61. The molecule has 88 valence electrons. The Kier molecular flexibility index (Phi) is 2.48. The van der Waals surface area contributed by atoms with Gasteiger partial charge in [0.15, 0.2) is 6.23 Å². The fourth-order valence-electron chi connectivity index (χ4n) is 2.73. The second kappa shape index (κ2) is 4.00. The van der Waals surface area contributed by atoms with Crippen LogP contribution in [0.1, 0.15) is 18.2 Å². The lowest BCUT2D eigenvalue weighted by Gasteiger charge is -2.23. The first-order valence-electron chi connectivity index (χ1n) is 5.91. The van der Waals surface area contributed by atoms with E-state index in [1.807, 2.05) is 41.3 Å². The van der Waals surface area contributed by atoms with Crippen molar-refractivity contribution in [3.63, 3.8) is 0 Å². The van der Waals surface area contributed by atoms with Crippen molar-refractivity contribution in [2.24, 2.45) is 5.92 Å². The zero-order valence-electron chi connectivity index (χ0n) is 9.58. The van der Waals surface area contributed by atoms with Gasteiger partial charge in [-0.2, -0.15) is 0 Å². The fraction of sp³-hybridized carbons (Fsp3) is 0.357. The van der Waals surface area contributed by atoms with Crippen molar-refractivity contribution in [3.8, 4) is 0 Å². The molecule has 0 spiro atoms. The molecule has 0 unspecified atom stereocenters. The summed E-state index contributed by atoms with van der Waals surface area (Å²) in [5.41, 5.74) is 1.05. The number of carbonyl (C=O) groups excluding carboxylic acids is 1. The summed E-state index contributed by atoms with van der Waals surface area (Å²) in [6, 6.07) is 10.1. The lowest BCUT2D eigenvalue weighted by Crippen LogP contribution is -2.32. The first kappa shape index (κ1) is 10.5. The number of rotatable bonds is 2. The summed E-state index contributed by atoms with van der Waals surface area (Å²) in [6.07, 6.45) is 2.24. The summed E-state index contributed by atoms with van der Waals surface area (Å²) in [5.74, 6) is 0.405. The van der Waals surface area contributed by atoms with Crippen LogP contribution in [0.5, 0.6) is 0 Å². The standard InChI is InChI=1S/C14H15NO2/c1-2-10-8-13(16)15-12(10)9-17-14(15)11-6-4-3-5-7-11/h2-7,10,12,14H,1,8-9H2/t10-,12+,14+/m1/s1. The molecule has 2 saturated heterocycles. The van der Waals surface area contributed by atoms with E-state index in [2.05, 4.69) is 6.58 Å². The minimum Gasteiger partial charge on any atom is -0.352 e. The minimum absolute atomic E-state index is 0.171. The molecule has 3 atom stereocenters. The van der Waals surface area contributed by atoms with Gasteiger partial charge in [-0.1, -0.05) is 36.4 Å². The highest BCUT2D eigenvalue weighted by Gasteiger charge is 2.47. The van der Waals surface area contributed by atoms with Gasteiger partial charge >= 0.3 is 0 Å². The molecule has 1 aromatic carbocycles. The Balaban J connectivity index is 1.91. The van der Waals surface area contributed by atoms with Gasteiger partial charge in [-0.3, -0.25) is 4.79 Å². The normalized spacial score (nSPS) is 31.6. The van der Waals surface area contributed by atoms with Crippen LogP contribution in [0.4, 0.5) is 0 Å². The highest BCUT2D eigenvalue weighted by Crippen LogP contribution is 2.40. The zero-order chi connectivity index (χ0) is 11.8. The SMILES string of the molecule is C=C[C@@H]1CC(=O)N2[C@H](c3ccccc3)OC[C@@H]12. The van der Waals surface area contributed by atoms with Crippen LogP contribution >= 0.6 is 0 Å². The molecule has 2 aliphatic rings. The summed E-state index contributed by atoms with van der Waals surface area (Å²) in [5, 5.41) is 0. The average Bonchev–Trinajstić information content (AvgIpc) is 2.92. The number of benzene rings is 1. The van der Waals surface area contributed by atoms with E-state index >= 15 is 0 Å². The number of hydrogen-bond donors (Lipinski definition) is 0. The second-order valence-electron chi connectivity index (χ2n) is 4.57. The maximum absolute atomic E-state index is 12.0. The van der Waals surface area contributed by atoms with Crippen LogP contribution in [0, 0.1) is 5.92 Å². The third kappa shape index (κ3) is 1.58. The monoisotopic (exact) mass is 229 g/mol. The largest absolute Gasteiger partial charge is 0.352 e. The van der Waals surface area contributed by atoms with E-state index in [4.69, 9.17) is 4.74 Å². The summed E-state index contributed by atoms with van der Waals surface area (Å²) in [6.45, 7) is 4.41. The molecule has 1 amide bonds. The molecule has 1 aromatic rings. The van der Waals surface area contributed by atoms with Crippen molar-refractivity contribution in [1.29, 1.82) is 0 Å². The highest BCUT2D eigenvalue weighted by molar-refractivity contribution is 5.80. The van der Waals surface area contributed by atoms with E-state index in [0.717, 1.165) is 5.56 Å². The van der Waals surface area contributed by atoms with Crippen LogP contribution in [0.2, 0.25) is 0 Å². The summed E-state index contributed by atoms with van der Waals surface area (Å²) in [7, 11) is 0. The quantitative estimate of drug-likeness (QED) is 0.727. The van der Waals surface area contributed by atoms with Crippen LogP contribution < -0.4 is 0 Å². The van der Waals surface area contributed by atoms with E-state index < -0.39 is 0 Å². The van der Waals surface area contributed by atoms with Crippen molar-refractivity contribution >= 4 is 5.91 Å². The molecule has 2 aliphatic heterocycles. The Morgan fingerprint density at radius 1 is 1.35 bits per heavy atom. The van der Waals surface area contributed by atoms with Gasteiger partial charge < -0.3 is 9.64 Å². The average molecular weight is 229 g/mol. The molecule has 0 aromatic heterocycles. The van der Waals surface area contributed by atoms with Gasteiger partial charge in [0.1, 0.15) is 0 Å². The predicted molar refractivity (Wildman–Crippen MR) is 64.1 cm³/mol. The molecule has 2 heterocycles. The van der Waals surface area contributed by atoms with E-state index in [0.29, 0.717) is 13.0 Å². The van der Waals surface area contributed by atoms with E-state index in [9.17, 15) is 4.79 Å². The third-order valence-electron chi connectivity index (χ3n) is 3.61. The lowest BCUT2D eigenvalue weighted by atomic mass is 10.0. The lowest BCUT2D eigenvalue weighted by molar-refractivity contribution is -0.134. The number of carbonyl (C=O) groups is 1. The molecule has 0 saturated carbocycles. The van der Waals surface area contributed by atoms with Crippen LogP contribution in [0.25, 0.3) is 0 Å². The van der Waals surface area contributed by atoms with E-state index in [1.165, 1.54) is 0 Å². The maximum Gasteiger partial charge on any atom is 0.225 e. The zero-order valence-corrected chi connectivity index (χ0v) is 9.58. The highest BCUT2D eigenvalue weighted by atomic mass is 16.5. The fourth-order valence-corrected chi connectivity index (χ4v) is 2.73. The molecule has 3 heteroatoms. The second-order valence-corrected chi connectivity index (χ2v) is 4.57. The van der Waals surface area contributed by atoms with Crippen LogP contribution in [-0.2, 0) is 9.53 Å². The predicted octanol–water partition coefficient (Wildman–Crippen LogP) is 2.12.